The summed E-state index contributed by atoms with van der Waals surface area (Å²) in [5.41, 5.74) is 3.94. The van der Waals surface area contributed by atoms with Crippen LogP contribution < -0.4 is 11.1 Å². The highest BCUT2D eigenvalue weighted by Crippen LogP contribution is 2.28. The van der Waals surface area contributed by atoms with Gasteiger partial charge in [-0.1, -0.05) is 42.0 Å². The number of nitrogens with zero attached hydrogens (tertiary/aromatic N) is 2. The van der Waals surface area contributed by atoms with Gasteiger partial charge in [-0.05, 0) is 31.5 Å². The number of hydrogen-bond donors (Lipinski definition) is 2. The van der Waals surface area contributed by atoms with Crippen LogP contribution in [0.3, 0.4) is 0 Å². The minimum Gasteiger partial charge on any atom is -0.394 e. The van der Waals surface area contributed by atoms with Crippen molar-refractivity contribution in [3.63, 3.8) is 0 Å². The van der Waals surface area contributed by atoms with Crippen LogP contribution in [-0.4, -0.2) is 41.8 Å². The number of rotatable bonds is 5. The lowest BCUT2D eigenvalue weighted by atomic mass is 10.0. The van der Waals surface area contributed by atoms with Crippen LogP contribution in [0.4, 0.5) is 17.6 Å². The lowest BCUT2D eigenvalue weighted by molar-refractivity contribution is -0.119. The molecule has 1 heterocycles. The molecule has 0 fully saturated rings. The predicted octanol–water partition coefficient (Wildman–Crippen LogP) is 3.64. The van der Waals surface area contributed by atoms with Crippen LogP contribution >= 0.6 is 0 Å². The Hall–Kier alpha value is -3.69. The van der Waals surface area contributed by atoms with E-state index in [0.29, 0.717) is 5.56 Å². The number of alkyl halides is 3. The smallest absolute Gasteiger partial charge is 0.394 e. The molecule has 0 spiro atoms. The highest BCUT2D eigenvalue weighted by atomic mass is 19.4. The number of nitrogens with one attached hydrogen (secondary N) is 1. The molecule has 174 valence electrons. The number of amidine groups is 1. The quantitative estimate of drug-likeness (QED) is 0.525. The van der Waals surface area contributed by atoms with E-state index in [1.807, 2.05) is 6.92 Å². The average Bonchev–Trinajstić information content (AvgIpc) is 3.22. The zero-order valence-corrected chi connectivity index (χ0v) is 17.9. The molecular formula is C23H22F4N4O2. The molecule has 0 radical (unpaired) electrons. The fourth-order valence-corrected chi connectivity index (χ4v) is 3.33. The van der Waals surface area contributed by atoms with E-state index in [1.54, 1.807) is 31.2 Å². The first-order chi connectivity index (χ1) is 15.5. The van der Waals surface area contributed by atoms with E-state index in [9.17, 15) is 27.2 Å². The van der Waals surface area contributed by atoms with Crippen molar-refractivity contribution in [2.24, 2.45) is 10.7 Å². The van der Waals surface area contributed by atoms with Crippen LogP contribution in [0.5, 0.6) is 0 Å². The monoisotopic (exact) mass is 462 g/mol. The van der Waals surface area contributed by atoms with Crippen molar-refractivity contribution in [3.05, 3.63) is 82.3 Å². The molecule has 33 heavy (non-hydrogen) atoms. The molecule has 0 aromatic heterocycles. The second kappa shape index (κ2) is 9.43. The second-order valence-corrected chi connectivity index (χ2v) is 7.53. The van der Waals surface area contributed by atoms with E-state index < -0.39 is 47.0 Å². The Labute approximate surface area is 187 Å². The summed E-state index contributed by atoms with van der Waals surface area (Å²) >= 11 is 0. The maximum Gasteiger partial charge on any atom is 0.431 e. The molecule has 1 aliphatic heterocycles. The van der Waals surface area contributed by atoms with Crippen molar-refractivity contribution in [2.75, 3.05) is 13.1 Å². The molecule has 0 bridgehead atoms. The van der Waals surface area contributed by atoms with Crippen LogP contribution in [0.1, 0.15) is 34.5 Å². The number of nitrogens with two attached hydrogens (primary N) is 1. The van der Waals surface area contributed by atoms with E-state index in [0.717, 1.165) is 16.5 Å². The van der Waals surface area contributed by atoms with Gasteiger partial charge in [-0.2, -0.15) is 13.2 Å². The average molecular weight is 462 g/mol. The second-order valence-electron chi connectivity index (χ2n) is 7.53. The van der Waals surface area contributed by atoms with Gasteiger partial charge in [0.25, 0.3) is 11.8 Å². The third kappa shape index (κ3) is 5.21. The standard InChI is InChI=1S/C23H22F4N4O2/c1-13-7-9-15(10-8-13)14(2)30-21(32)18(19(28)23(25,26)27)20-29-11-12-31(20)22(33)16-5-3-4-6-17(16)24/h3-10,14H,11-12,28H2,1-2H3,(H,30,32). The van der Waals surface area contributed by atoms with Crippen molar-refractivity contribution in [3.8, 4) is 0 Å². The van der Waals surface area contributed by atoms with Gasteiger partial charge in [-0.3, -0.25) is 19.5 Å². The zero-order valence-electron chi connectivity index (χ0n) is 17.9. The van der Waals surface area contributed by atoms with E-state index in [-0.39, 0.29) is 18.7 Å². The summed E-state index contributed by atoms with van der Waals surface area (Å²) in [6, 6.07) is 11.4. The molecule has 10 heteroatoms. The number of benzene rings is 2. The molecular weight excluding hydrogens is 440 g/mol. The molecule has 0 aliphatic carbocycles. The molecule has 2 amide bonds. The summed E-state index contributed by atoms with van der Waals surface area (Å²) in [7, 11) is 0. The summed E-state index contributed by atoms with van der Waals surface area (Å²) in [6.07, 6.45) is -5.06. The third-order valence-electron chi connectivity index (χ3n) is 5.14. The van der Waals surface area contributed by atoms with E-state index in [1.165, 1.54) is 18.2 Å². The highest BCUT2D eigenvalue weighted by Gasteiger charge is 2.41. The summed E-state index contributed by atoms with van der Waals surface area (Å²) in [5, 5.41) is 2.49. The number of amides is 2. The van der Waals surface area contributed by atoms with Gasteiger partial charge < -0.3 is 11.1 Å². The minimum atomic E-state index is -5.06. The summed E-state index contributed by atoms with van der Waals surface area (Å²) in [4.78, 5) is 30.7. The van der Waals surface area contributed by atoms with Crippen LogP contribution in [0, 0.1) is 12.7 Å². The van der Waals surface area contributed by atoms with E-state index in [4.69, 9.17) is 5.73 Å². The van der Waals surface area contributed by atoms with Gasteiger partial charge in [0, 0.05) is 6.54 Å². The van der Waals surface area contributed by atoms with E-state index >= 15 is 0 Å². The molecule has 1 atom stereocenters. The highest BCUT2D eigenvalue weighted by molar-refractivity contribution is 6.26. The van der Waals surface area contributed by atoms with Gasteiger partial charge >= 0.3 is 6.18 Å². The number of allylic oxidation sites excluding steroid dienone is 1. The van der Waals surface area contributed by atoms with Gasteiger partial charge in [0.2, 0.25) is 0 Å². The lowest BCUT2D eigenvalue weighted by Gasteiger charge is -2.23. The van der Waals surface area contributed by atoms with Crippen LogP contribution in [0.15, 0.2) is 64.8 Å². The van der Waals surface area contributed by atoms with Crippen molar-refractivity contribution in [2.45, 2.75) is 26.1 Å². The summed E-state index contributed by atoms with van der Waals surface area (Å²) in [5.74, 6) is -3.46. The molecule has 0 saturated heterocycles. The first-order valence-corrected chi connectivity index (χ1v) is 10.1. The third-order valence-corrected chi connectivity index (χ3v) is 5.14. The first-order valence-electron chi connectivity index (χ1n) is 10.1. The fourth-order valence-electron chi connectivity index (χ4n) is 3.33. The van der Waals surface area contributed by atoms with Gasteiger partial charge in [-0.15, -0.1) is 0 Å². The summed E-state index contributed by atoms with van der Waals surface area (Å²) in [6.45, 7) is 3.28. The molecule has 3 rings (SSSR count). The molecule has 6 nitrogen and oxygen atoms in total. The molecule has 2 aromatic carbocycles. The number of carbonyl (C=O) groups excluding carboxylic acids is 2. The Bertz CT molecular complexity index is 1120. The number of hydrogen-bond acceptors (Lipinski definition) is 4. The van der Waals surface area contributed by atoms with Crippen molar-refractivity contribution in [1.29, 1.82) is 0 Å². The van der Waals surface area contributed by atoms with Crippen LogP contribution in [-0.2, 0) is 4.79 Å². The zero-order chi connectivity index (χ0) is 24.3. The minimum absolute atomic E-state index is 0.0645. The Balaban J connectivity index is 1.97. The molecule has 0 saturated carbocycles. The summed E-state index contributed by atoms with van der Waals surface area (Å²) < 4.78 is 54.8. The van der Waals surface area contributed by atoms with Gasteiger partial charge in [0.05, 0.1) is 18.2 Å². The normalized spacial score (nSPS) is 15.6. The molecule has 1 aliphatic rings. The molecule has 2 aromatic rings. The Morgan fingerprint density at radius 1 is 1.12 bits per heavy atom. The topological polar surface area (TPSA) is 87.8 Å². The predicted molar refractivity (Wildman–Crippen MR) is 115 cm³/mol. The maximum absolute atomic E-state index is 14.1. The van der Waals surface area contributed by atoms with Crippen molar-refractivity contribution in [1.82, 2.24) is 10.2 Å². The number of aryl methyl sites for hydroxylation is 1. The molecule has 3 N–H and O–H groups in total. The Kier molecular flexibility index (Phi) is 6.85. The Morgan fingerprint density at radius 3 is 2.36 bits per heavy atom. The van der Waals surface area contributed by atoms with Crippen LogP contribution in [0.25, 0.3) is 0 Å². The van der Waals surface area contributed by atoms with Crippen molar-refractivity contribution < 1.29 is 27.2 Å². The number of aliphatic imine (C=N–C) groups is 1. The van der Waals surface area contributed by atoms with Crippen molar-refractivity contribution >= 4 is 17.6 Å². The molecule has 1 unspecified atom stereocenters. The Morgan fingerprint density at radius 2 is 1.76 bits per heavy atom. The first kappa shape index (κ1) is 24.0. The number of carbonyl (C=O) groups is 2. The van der Waals surface area contributed by atoms with Gasteiger partial charge in [0.1, 0.15) is 22.9 Å². The van der Waals surface area contributed by atoms with Crippen LogP contribution in [0.2, 0.25) is 0 Å². The number of halogens is 4. The van der Waals surface area contributed by atoms with Gasteiger partial charge in [-0.25, -0.2) is 4.39 Å². The maximum atomic E-state index is 14.1. The van der Waals surface area contributed by atoms with Gasteiger partial charge in [0.15, 0.2) is 0 Å². The SMILES string of the molecule is Cc1ccc(C(C)NC(=O)C(C2=NCCN2C(=O)c2ccccc2F)=C(N)C(F)(F)F)cc1. The lowest BCUT2D eigenvalue weighted by Crippen LogP contribution is -2.43. The van der Waals surface area contributed by atoms with E-state index in [2.05, 4.69) is 10.3 Å². The fraction of sp³-hybridized carbons (Fsp3) is 0.261. The largest absolute Gasteiger partial charge is 0.431 e.